The summed E-state index contributed by atoms with van der Waals surface area (Å²) >= 11 is 0. The van der Waals surface area contributed by atoms with Gasteiger partial charge in [-0.1, -0.05) is 0 Å². The Morgan fingerprint density at radius 2 is 1.74 bits per heavy atom. The molecule has 2 aliphatic rings. The molecular formula is C25H28N4O6. The number of rotatable bonds is 8. The van der Waals surface area contributed by atoms with Gasteiger partial charge in [0.15, 0.2) is 5.60 Å². The zero-order valence-electron chi connectivity index (χ0n) is 19.8. The Hall–Kier alpha value is -3.95. The van der Waals surface area contributed by atoms with Crippen LogP contribution in [0, 0.1) is 10.1 Å². The van der Waals surface area contributed by atoms with Crippen molar-refractivity contribution < 1.29 is 23.9 Å². The molecule has 0 radical (unpaired) electrons. The van der Waals surface area contributed by atoms with Gasteiger partial charge in [0.25, 0.3) is 0 Å². The Bertz CT molecular complexity index is 1150. The number of benzene rings is 2. The number of hydrogen-bond donors (Lipinski definition) is 0. The molecule has 10 nitrogen and oxygen atoms in total. The molecule has 2 aromatic carbocycles. The van der Waals surface area contributed by atoms with Gasteiger partial charge >= 0.3 is 11.8 Å². The highest BCUT2D eigenvalue weighted by Gasteiger charge is 2.41. The average molecular weight is 481 g/mol. The first-order chi connectivity index (χ1) is 16.9. The third-order valence-corrected chi connectivity index (χ3v) is 6.31. The summed E-state index contributed by atoms with van der Waals surface area (Å²) in [6.45, 7) is 4.49. The Balaban J connectivity index is 1.09. The van der Waals surface area contributed by atoms with Crippen LogP contribution in [-0.2, 0) is 6.54 Å². The van der Waals surface area contributed by atoms with Crippen molar-refractivity contribution >= 4 is 11.5 Å². The molecule has 3 aromatic rings. The predicted molar refractivity (Wildman–Crippen MR) is 129 cm³/mol. The summed E-state index contributed by atoms with van der Waals surface area (Å²) in [4.78, 5) is 16.6. The summed E-state index contributed by atoms with van der Waals surface area (Å²) in [6.07, 6.45) is 3.49. The molecule has 184 valence electrons. The summed E-state index contributed by atoms with van der Waals surface area (Å²) in [5.74, 6) is 2.22. The van der Waals surface area contributed by atoms with Crippen molar-refractivity contribution in [3.8, 4) is 23.3 Å². The smallest absolute Gasteiger partial charge is 0.415 e. The van der Waals surface area contributed by atoms with Gasteiger partial charge in [0, 0.05) is 36.6 Å². The van der Waals surface area contributed by atoms with Crippen molar-refractivity contribution in [3.05, 3.63) is 64.8 Å². The molecule has 5 rings (SSSR count). The number of hydrogen-bond acceptors (Lipinski definition) is 8. The molecule has 0 bridgehead atoms. The fourth-order valence-corrected chi connectivity index (χ4v) is 4.42. The van der Waals surface area contributed by atoms with Crippen LogP contribution in [0.15, 0.2) is 54.7 Å². The van der Waals surface area contributed by atoms with Crippen LogP contribution in [0.2, 0.25) is 0 Å². The Kier molecular flexibility index (Phi) is 6.10. The number of fused-ring (bicyclic) bond motifs is 1. The van der Waals surface area contributed by atoms with Crippen LogP contribution in [0.3, 0.4) is 0 Å². The molecule has 0 aliphatic carbocycles. The predicted octanol–water partition coefficient (Wildman–Crippen LogP) is 4.08. The second-order valence-electron chi connectivity index (χ2n) is 9.08. The number of anilines is 1. The molecule has 1 atom stereocenters. The lowest BCUT2D eigenvalue weighted by Gasteiger charge is -2.33. The lowest BCUT2D eigenvalue weighted by molar-refractivity contribution is -0.389. The van der Waals surface area contributed by atoms with Crippen LogP contribution in [0.25, 0.3) is 0 Å². The maximum absolute atomic E-state index is 10.9. The van der Waals surface area contributed by atoms with Crippen molar-refractivity contribution in [2.45, 2.75) is 38.0 Å². The lowest BCUT2D eigenvalue weighted by Crippen LogP contribution is -2.38. The van der Waals surface area contributed by atoms with E-state index in [0.29, 0.717) is 13.2 Å². The van der Waals surface area contributed by atoms with E-state index >= 15 is 0 Å². The summed E-state index contributed by atoms with van der Waals surface area (Å²) < 4.78 is 24.8. The molecule has 35 heavy (non-hydrogen) atoms. The first-order valence-electron chi connectivity index (χ1n) is 11.6. The molecule has 0 amide bonds. The minimum absolute atomic E-state index is 0.200. The highest BCUT2D eigenvalue weighted by Crippen LogP contribution is 2.32. The molecule has 0 spiro atoms. The van der Waals surface area contributed by atoms with Gasteiger partial charge in [-0.15, -0.1) is 0 Å². The maximum atomic E-state index is 10.9. The molecular weight excluding hydrogens is 452 g/mol. The van der Waals surface area contributed by atoms with Crippen molar-refractivity contribution in [1.29, 1.82) is 0 Å². The van der Waals surface area contributed by atoms with E-state index in [-0.39, 0.29) is 17.9 Å². The van der Waals surface area contributed by atoms with Gasteiger partial charge in [0.05, 0.1) is 13.7 Å². The Morgan fingerprint density at radius 1 is 1.09 bits per heavy atom. The highest BCUT2D eigenvalue weighted by atomic mass is 16.6. The number of piperidine rings is 1. The zero-order chi connectivity index (χ0) is 24.4. The minimum Gasteiger partial charge on any atom is -0.497 e. The lowest BCUT2D eigenvalue weighted by atomic mass is 10.1. The monoisotopic (exact) mass is 480 g/mol. The second-order valence-corrected chi connectivity index (χ2v) is 9.08. The van der Waals surface area contributed by atoms with E-state index in [2.05, 4.69) is 22.0 Å². The Labute approximate surface area is 203 Å². The third-order valence-electron chi connectivity index (χ3n) is 6.31. The summed E-state index contributed by atoms with van der Waals surface area (Å²) in [7, 11) is 1.65. The zero-order valence-corrected chi connectivity index (χ0v) is 19.8. The van der Waals surface area contributed by atoms with Crippen LogP contribution >= 0.6 is 0 Å². The normalized spacial score (nSPS) is 19.7. The maximum Gasteiger partial charge on any atom is 0.415 e. The number of nitro groups is 1. The van der Waals surface area contributed by atoms with E-state index in [1.54, 1.807) is 11.7 Å². The van der Waals surface area contributed by atoms with Crippen LogP contribution in [-0.4, -0.2) is 53.0 Å². The number of imidazole rings is 1. The van der Waals surface area contributed by atoms with E-state index in [1.807, 2.05) is 43.3 Å². The van der Waals surface area contributed by atoms with Gasteiger partial charge in [-0.05, 0) is 60.4 Å². The van der Waals surface area contributed by atoms with Gasteiger partial charge in [-0.3, -0.25) is 4.57 Å². The van der Waals surface area contributed by atoms with Gasteiger partial charge in [0.2, 0.25) is 0 Å². The summed E-state index contributed by atoms with van der Waals surface area (Å²) in [5.41, 5.74) is 0.512. The first kappa shape index (κ1) is 22.8. The van der Waals surface area contributed by atoms with Crippen LogP contribution in [0.1, 0.15) is 19.8 Å². The van der Waals surface area contributed by atoms with Crippen molar-refractivity contribution in [2.24, 2.45) is 0 Å². The van der Waals surface area contributed by atoms with Gasteiger partial charge in [0.1, 0.15) is 36.2 Å². The van der Waals surface area contributed by atoms with Gasteiger partial charge < -0.3 is 34.0 Å². The van der Waals surface area contributed by atoms with Crippen molar-refractivity contribution in [2.75, 3.05) is 31.7 Å². The van der Waals surface area contributed by atoms with E-state index in [0.717, 1.165) is 48.9 Å². The Morgan fingerprint density at radius 3 is 2.37 bits per heavy atom. The summed E-state index contributed by atoms with van der Waals surface area (Å²) in [5, 5.41) is 10.9. The van der Waals surface area contributed by atoms with Crippen LogP contribution < -0.4 is 23.8 Å². The third kappa shape index (κ3) is 5.11. The fraction of sp³-hybridized carbons (Fsp3) is 0.400. The number of methoxy groups -OCH3 is 1. The highest BCUT2D eigenvalue weighted by molar-refractivity contribution is 5.49. The van der Waals surface area contributed by atoms with E-state index in [9.17, 15) is 10.1 Å². The number of nitrogens with zero attached hydrogens (tertiary/aromatic N) is 4. The molecule has 10 heteroatoms. The van der Waals surface area contributed by atoms with Crippen LogP contribution in [0.4, 0.5) is 11.5 Å². The minimum atomic E-state index is -0.637. The average Bonchev–Trinajstić information content (AvgIpc) is 3.40. The molecule has 1 aromatic heterocycles. The SMILES string of the molecule is COc1ccc(OC2CCN(c3ccc(OC[C@@]4(C)Cn5cc([N+](=O)[O-])nc5O4)cc3)CC2)cc1. The van der Waals surface area contributed by atoms with Crippen LogP contribution in [0.5, 0.6) is 23.3 Å². The molecule has 0 N–H and O–H groups in total. The molecule has 1 fully saturated rings. The molecule has 1 saturated heterocycles. The van der Waals surface area contributed by atoms with E-state index < -0.39 is 10.5 Å². The number of aromatic nitrogens is 2. The summed E-state index contributed by atoms with van der Waals surface area (Å²) in [6, 6.07) is 16.0. The van der Waals surface area contributed by atoms with Crippen molar-refractivity contribution in [1.82, 2.24) is 9.55 Å². The first-order valence-corrected chi connectivity index (χ1v) is 11.6. The number of ether oxygens (including phenoxy) is 4. The quantitative estimate of drug-likeness (QED) is 0.351. The molecule has 0 unspecified atom stereocenters. The molecule has 0 saturated carbocycles. The van der Waals surface area contributed by atoms with Crippen molar-refractivity contribution in [3.63, 3.8) is 0 Å². The van der Waals surface area contributed by atoms with E-state index in [1.165, 1.54) is 6.20 Å². The van der Waals surface area contributed by atoms with E-state index in [4.69, 9.17) is 18.9 Å². The van der Waals surface area contributed by atoms with Gasteiger partial charge in [-0.25, -0.2) is 0 Å². The largest absolute Gasteiger partial charge is 0.497 e. The second kappa shape index (κ2) is 9.36. The fourth-order valence-electron chi connectivity index (χ4n) is 4.42. The topological polar surface area (TPSA) is 101 Å². The standard InChI is InChI=1S/C25H28N4O6/c1-25(16-28-15-23(29(30)31)26-24(28)35-25)17-33-20-5-3-18(4-6-20)27-13-11-22(12-14-27)34-21-9-7-19(32-2)8-10-21/h3-10,15,22H,11-14,16-17H2,1-2H3/t25-/m1/s1. The van der Waals surface area contributed by atoms with Gasteiger partial charge in [-0.2, -0.15) is 0 Å². The molecule has 3 heterocycles. The molecule has 2 aliphatic heterocycles.